The van der Waals surface area contributed by atoms with Gasteiger partial charge in [-0.3, -0.25) is 19.2 Å². The zero-order valence-corrected chi connectivity index (χ0v) is 35.8. The molecule has 3 aliphatic carbocycles. The minimum Gasteiger partial charge on any atom is -0.491 e. The van der Waals surface area contributed by atoms with Gasteiger partial charge in [0.05, 0.1) is 58.9 Å². The van der Waals surface area contributed by atoms with Crippen molar-refractivity contribution in [2.75, 3.05) is 26.9 Å². The van der Waals surface area contributed by atoms with Crippen molar-refractivity contribution >= 4 is 45.9 Å². The summed E-state index contributed by atoms with van der Waals surface area (Å²) in [4.78, 5) is 66.6. The van der Waals surface area contributed by atoms with E-state index < -0.39 is 40.8 Å². The monoisotopic (exact) mass is 817 g/mol. The zero-order chi connectivity index (χ0) is 41.5. The predicted octanol–water partition coefficient (Wildman–Crippen LogP) is 7.78. The van der Waals surface area contributed by atoms with Crippen LogP contribution in [0.25, 0.3) is 22.3 Å². The highest BCUT2D eigenvalue weighted by Gasteiger charge is 2.61. The van der Waals surface area contributed by atoms with E-state index in [1.54, 1.807) is 23.3 Å². The van der Waals surface area contributed by atoms with E-state index in [9.17, 15) is 24.3 Å². The smallest absolute Gasteiger partial charge is 0.310 e. The number of carbonyl (C=O) groups is 4. The van der Waals surface area contributed by atoms with E-state index in [0.29, 0.717) is 66.5 Å². The minimum absolute atomic E-state index is 0.0900. The lowest BCUT2D eigenvalue weighted by Crippen LogP contribution is -2.48. The molecule has 58 heavy (non-hydrogen) atoms. The van der Waals surface area contributed by atoms with Crippen LogP contribution < -0.4 is 9.47 Å². The second-order valence-corrected chi connectivity index (χ2v) is 19.6. The maximum Gasteiger partial charge on any atom is 0.310 e. The molecule has 0 radical (unpaired) electrons. The molecule has 1 aliphatic heterocycles. The fourth-order valence-corrected chi connectivity index (χ4v) is 10.2. The van der Waals surface area contributed by atoms with E-state index >= 15 is 0 Å². The average Bonchev–Trinajstić information content (AvgIpc) is 3.83. The van der Waals surface area contributed by atoms with Crippen molar-refractivity contribution in [3.63, 3.8) is 0 Å². The Morgan fingerprint density at radius 3 is 2.41 bits per heavy atom. The Morgan fingerprint density at radius 1 is 1.00 bits per heavy atom. The maximum absolute atomic E-state index is 14.8. The van der Waals surface area contributed by atoms with E-state index in [2.05, 4.69) is 13.8 Å². The van der Waals surface area contributed by atoms with Gasteiger partial charge < -0.3 is 29.0 Å². The number of aliphatic carboxylic acids is 1. The number of carboxylic acids is 1. The van der Waals surface area contributed by atoms with Crippen LogP contribution in [-0.2, 0) is 35.1 Å². The van der Waals surface area contributed by atoms with Crippen molar-refractivity contribution in [3.05, 3.63) is 34.7 Å². The van der Waals surface area contributed by atoms with E-state index in [0.717, 1.165) is 35.4 Å². The molecule has 12 nitrogen and oxygen atoms in total. The molecule has 314 valence electrons. The normalized spacial score (nSPS) is 26.7. The fourth-order valence-electron chi connectivity index (χ4n) is 9.24. The van der Waals surface area contributed by atoms with Crippen LogP contribution in [0.15, 0.2) is 29.6 Å². The predicted molar refractivity (Wildman–Crippen MR) is 220 cm³/mol. The Bertz CT molecular complexity index is 2010. The summed E-state index contributed by atoms with van der Waals surface area (Å²) >= 11 is 1.59. The molecule has 7 rings (SSSR count). The first kappa shape index (κ1) is 42.0. The third-order valence-corrected chi connectivity index (χ3v) is 13.6. The molecular formula is C45H59N3O9S. The van der Waals surface area contributed by atoms with Crippen LogP contribution in [0.5, 0.6) is 11.5 Å². The number of nitrogens with zero attached hydrogens (tertiary/aromatic N) is 3. The number of carboxylic acid groups (broad SMARTS) is 1. The average molecular weight is 818 g/mol. The number of hydrogen-bond acceptors (Lipinski definition) is 11. The van der Waals surface area contributed by atoms with Crippen LogP contribution in [0.4, 0.5) is 0 Å². The van der Waals surface area contributed by atoms with Crippen molar-refractivity contribution in [2.24, 2.45) is 40.4 Å². The lowest BCUT2D eigenvalue weighted by Gasteiger charge is -2.35. The van der Waals surface area contributed by atoms with Gasteiger partial charge in [0, 0.05) is 49.3 Å². The SMILES string of the molecule is CCC1C[C@]1(CC(=O)[C@@H]1CC(Oc2cc(-c3csc(CC(C)C)n3)nc3cc(OCCOC)ccc23)CN1C(=O)[C@@H](CC(=O)OC1C[C@@H]2C[C@@H]2C1)C(C)(C)C)C(=O)O. The van der Waals surface area contributed by atoms with Gasteiger partial charge in [-0.2, -0.15) is 0 Å². The summed E-state index contributed by atoms with van der Waals surface area (Å²) in [5, 5.41) is 14.0. The van der Waals surface area contributed by atoms with Crippen LogP contribution >= 0.6 is 11.3 Å². The number of thiazole rings is 1. The first-order chi connectivity index (χ1) is 27.6. The van der Waals surface area contributed by atoms with E-state index in [1.165, 1.54) is 6.42 Å². The van der Waals surface area contributed by atoms with Crippen molar-refractivity contribution < 1.29 is 43.2 Å². The molecule has 3 aromatic rings. The molecule has 1 amide bonds. The summed E-state index contributed by atoms with van der Waals surface area (Å²) in [5.41, 5.74) is 0.213. The maximum atomic E-state index is 14.8. The lowest BCUT2D eigenvalue weighted by atomic mass is 9.77. The summed E-state index contributed by atoms with van der Waals surface area (Å²) in [6, 6.07) is 6.53. The van der Waals surface area contributed by atoms with Crippen LogP contribution in [0, 0.1) is 40.4 Å². The Morgan fingerprint density at radius 2 is 1.76 bits per heavy atom. The molecule has 13 heteroatoms. The Hall–Kier alpha value is -4.10. The number of ether oxygens (including phenoxy) is 4. The Labute approximate surface area is 345 Å². The molecule has 3 saturated carbocycles. The van der Waals surface area contributed by atoms with Gasteiger partial charge in [-0.1, -0.05) is 48.0 Å². The molecule has 3 heterocycles. The number of carbonyl (C=O) groups excluding carboxylic acids is 3. The molecule has 1 N–H and O–H groups in total. The molecule has 2 aromatic heterocycles. The summed E-state index contributed by atoms with van der Waals surface area (Å²) < 4.78 is 23.8. The highest BCUT2D eigenvalue weighted by Crippen LogP contribution is 2.58. The van der Waals surface area contributed by atoms with Gasteiger partial charge in [0.1, 0.15) is 30.3 Å². The van der Waals surface area contributed by atoms with Crippen molar-refractivity contribution in [1.82, 2.24) is 14.9 Å². The van der Waals surface area contributed by atoms with E-state index in [1.807, 2.05) is 57.3 Å². The molecule has 1 aromatic carbocycles. The highest BCUT2D eigenvalue weighted by molar-refractivity contribution is 7.09. The van der Waals surface area contributed by atoms with Crippen LogP contribution in [0.1, 0.15) is 97.9 Å². The Kier molecular flexibility index (Phi) is 12.2. The lowest BCUT2D eigenvalue weighted by molar-refractivity contribution is -0.157. The van der Waals surface area contributed by atoms with Gasteiger partial charge in [-0.15, -0.1) is 11.3 Å². The van der Waals surface area contributed by atoms with E-state index in [-0.39, 0.29) is 49.5 Å². The Balaban J connectivity index is 1.19. The number of fused-ring (bicyclic) bond motifs is 2. The number of rotatable bonds is 18. The largest absolute Gasteiger partial charge is 0.491 e. The van der Waals surface area contributed by atoms with Gasteiger partial charge in [-0.05, 0) is 66.9 Å². The number of hydrogen-bond donors (Lipinski definition) is 1. The van der Waals surface area contributed by atoms with Crippen molar-refractivity contribution in [2.45, 2.75) is 118 Å². The molecule has 1 saturated heterocycles. The van der Waals surface area contributed by atoms with E-state index in [4.69, 9.17) is 28.9 Å². The number of amides is 1. The molecular weight excluding hydrogens is 759 g/mol. The zero-order valence-electron chi connectivity index (χ0n) is 35.0. The standard InChI is InChI=1S/C45H59N3O9S/c1-8-28-21-45(28,43(52)53)22-38(49)37-18-31(23-48(37)42(51)33(44(4,5)6)19-41(50)57-30-15-26-14-27(26)16-30)56-39-20-35(36-24-58-40(47-36)13-25(2)3)46-34-17-29(9-10-32(34)39)55-12-11-54-7/h9-10,17,20,24-28,30-31,33,37H,8,11-16,18-19,21-23H2,1-7H3,(H,52,53)/t26-,27+,28?,30?,31?,33-,37+,45-/m1/s1. The quantitative estimate of drug-likeness (QED) is 0.0989. The molecule has 3 unspecified atom stereocenters. The summed E-state index contributed by atoms with van der Waals surface area (Å²) in [6.07, 6.45) is 4.09. The minimum atomic E-state index is -1.13. The van der Waals surface area contributed by atoms with Gasteiger partial charge in [0.2, 0.25) is 5.91 Å². The van der Waals surface area contributed by atoms with Crippen molar-refractivity contribution in [1.29, 1.82) is 0 Å². The molecule has 4 fully saturated rings. The topological polar surface area (TPSA) is 154 Å². The number of esters is 1. The molecule has 8 atom stereocenters. The number of pyridine rings is 1. The van der Waals surface area contributed by atoms with Gasteiger partial charge in [-0.25, -0.2) is 9.97 Å². The second kappa shape index (κ2) is 16.9. The molecule has 0 bridgehead atoms. The number of methoxy groups -OCH3 is 1. The third-order valence-electron chi connectivity index (χ3n) is 12.8. The van der Waals surface area contributed by atoms with Crippen LogP contribution in [-0.4, -0.2) is 88.7 Å². The first-order valence-electron chi connectivity index (χ1n) is 21.0. The van der Waals surface area contributed by atoms with Crippen LogP contribution in [0.2, 0.25) is 0 Å². The van der Waals surface area contributed by atoms with Gasteiger partial charge in [0.25, 0.3) is 0 Å². The highest BCUT2D eigenvalue weighted by atomic mass is 32.1. The fraction of sp³-hybridized carbons (Fsp3) is 0.644. The number of benzene rings is 1. The molecule has 4 aliphatic rings. The summed E-state index contributed by atoms with van der Waals surface area (Å²) in [7, 11) is 1.62. The second-order valence-electron chi connectivity index (χ2n) is 18.6. The summed E-state index contributed by atoms with van der Waals surface area (Å²) in [5.74, 6) is 0.0197. The van der Waals surface area contributed by atoms with Crippen molar-refractivity contribution in [3.8, 4) is 22.9 Å². The number of ketones is 1. The van der Waals surface area contributed by atoms with Gasteiger partial charge >= 0.3 is 11.9 Å². The van der Waals surface area contributed by atoms with Gasteiger partial charge in [0.15, 0.2) is 5.78 Å². The van der Waals surface area contributed by atoms with Crippen LogP contribution in [0.3, 0.4) is 0 Å². The summed E-state index contributed by atoms with van der Waals surface area (Å²) in [6.45, 7) is 12.9. The number of aromatic nitrogens is 2. The number of likely N-dealkylation sites (tertiary alicyclic amines) is 1. The number of Topliss-reactive ketones (excluding diaryl/α,β-unsaturated/α-hetero) is 1. The molecule has 0 spiro atoms. The third kappa shape index (κ3) is 9.20. The first-order valence-corrected chi connectivity index (χ1v) is 21.9.